The second kappa shape index (κ2) is 4.15. The van der Waals surface area contributed by atoms with Crippen LogP contribution in [0, 0.1) is 6.92 Å². The number of aromatic nitrogens is 1. The van der Waals surface area contributed by atoms with Crippen LogP contribution in [-0.2, 0) is 6.42 Å². The summed E-state index contributed by atoms with van der Waals surface area (Å²) in [6.07, 6.45) is 3.84. The van der Waals surface area contributed by atoms with Crippen LogP contribution in [0.5, 0.6) is 0 Å². The molecule has 1 heterocycles. The fourth-order valence-corrected chi connectivity index (χ4v) is 2.76. The molecule has 0 radical (unpaired) electrons. The Kier molecular flexibility index (Phi) is 2.65. The van der Waals surface area contributed by atoms with Gasteiger partial charge in [0.25, 0.3) is 0 Å². The first kappa shape index (κ1) is 10.2. The van der Waals surface area contributed by atoms with E-state index >= 15 is 0 Å². The molecule has 0 saturated heterocycles. The molecular weight excluding hydrogens is 216 g/mol. The third kappa shape index (κ3) is 2.25. The lowest BCUT2D eigenvalue weighted by Gasteiger charge is -2.02. The topological polar surface area (TPSA) is 24.9 Å². The third-order valence-electron chi connectivity index (χ3n) is 2.98. The van der Waals surface area contributed by atoms with Gasteiger partial charge in [0.1, 0.15) is 0 Å². The Morgan fingerprint density at radius 3 is 3.12 bits per heavy atom. The van der Waals surface area contributed by atoms with Crippen LogP contribution in [0.4, 0.5) is 0 Å². The average molecular weight is 232 g/mol. The lowest BCUT2D eigenvalue weighted by Crippen LogP contribution is -2.19. The van der Waals surface area contributed by atoms with Gasteiger partial charge in [-0.3, -0.25) is 0 Å². The maximum Gasteiger partial charge on any atom is 0.0907 e. The number of nitrogens with zero attached hydrogens (tertiary/aromatic N) is 1. The van der Waals surface area contributed by atoms with Gasteiger partial charge in [0.15, 0.2) is 0 Å². The van der Waals surface area contributed by atoms with Crippen molar-refractivity contribution < 1.29 is 0 Å². The van der Waals surface area contributed by atoms with E-state index in [9.17, 15) is 0 Å². The molecule has 3 rings (SSSR count). The van der Waals surface area contributed by atoms with Crippen molar-refractivity contribution in [2.24, 2.45) is 0 Å². The summed E-state index contributed by atoms with van der Waals surface area (Å²) in [6, 6.07) is 7.47. The molecule has 1 aliphatic carbocycles. The quantitative estimate of drug-likeness (QED) is 0.876. The maximum absolute atomic E-state index is 4.53. The van der Waals surface area contributed by atoms with E-state index in [0.29, 0.717) is 0 Å². The zero-order chi connectivity index (χ0) is 11.0. The predicted octanol–water partition coefficient (Wildman–Crippen LogP) is 2.90. The van der Waals surface area contributed by atoms with Crippen LogP contribution in [0.1, 0.15) is 23.4 Å². The van der Waals surface area contributed by atoms with Gasteiger partial charge in [-0.15, -0.1) is 11.3 Å². The molecule has 3 heteroatoms. The van der Waals surface area contributed by atoms with Crippen molar-refractivity contribution in [2.75, 3.05) is 6.54 Å². The van der Waals surface area contributed by atoms with Gasteiger partial charge >= 0.3 is 0 Å². The molecule has 1 fully saturated rings. The number of nitrogens with one attached hydrogen (secondary N) is 1. The van der Waals surface area contributed by atoms with E-state index in [0.717, 1.165) is 29.5 Å². The first-order chi connectivity index (χ1) is 7.81. The Balaban J connectivity index is 1.70. The molecule has 0 spiro atoms. The Morgan fingerprint density at radius 1 is 1.44 bits per heavy atom. The summed E-state index contributed by atoms with van der Waals surface area (Å²) in [5.74, 6) is 0. The van der Waals surface area contributed by atoms with Gasteiger partial charge in [-0.2, -0.15) is 0 Å². The zero-order valence-electron chi connectivity index (χ0n) is 9.49. The van der Waals surface area contributed by atoms with E-state index < -0.39 is 0 Å². The summed E-state index contributed by atoms with van der Waals surface area (Å²) in [6.45, 7) is 3.16. The van der Waals surface area contributed by atoms with Crippen LogP contribution in [-0.4, -0.2) is 17.6 Å². The van der Waals surface area contributed by atoms with Crippen molar-refractivity contribution in [3.63, 3.8) is 0 Å². The summed E-state index contributed by atoms with van der Waals surface area (Å²) < 4.78 is 1.30. The minimum Gasteiger partial charge on any atom is -0.314 e. The predicted molar refractivity (Wildman–Crippen MR) is 69.1 cm³/mol. The molecule has 16 heavy (non-hydrogen) atoms. The summed E-state index contributed by atoms with van der Waals surface area (Å²) in [7, 11) is 0. The minimum absolute atomic E-state index is 0.810. The van der Waals surface area contributed by atoms with E-state index in [1.54, 1.807) is 11.3 Å². The highest BCUT2D eigenvalue weighted by Gasteiger charge is 2.19. The second-order valence-corrected chi connectivity index (χ2v) is 5.75. The highest BCUT2D eigenvalue weighted by molar-refractivity contribution is 7.18. The number of rotatable bonds is 4. The Hall–Kier alpha value is -0.930. The number of benzene rings is 1. The molecule has 0 amide bonds. The van der Waals surface area contributed by atoms with Crippen molar-refractivity contribution >= 4 is 21.6 Å². The Morgan fingerprint density at radius 2 is 2.31 bits per heavy atom. The van der Waals surface area contributed by atoms with Crippen LogP contribution in [0.3, 0.4) is 0 Å². The van der Waals surface area contributed by atoms with Crippen molar-refractivity contribution in [1.29, 1.82) is 0 Å². The molecule has 1 aromatic heterocycles. The van der Waals surface area contributed by atoms with Gasteiger partial charge in [0.05, 0.1) is 15.2 Å². The first-order valence-electron chi connectivity index (χ1n) is 5.91. The van der Waals surface area contributed by atoms with Crippen LogP contribution in [0.15, 0.2) is 18.2 Å². The largest absolute Gasteiger partial charge is 0.314 e. The van der Waals surface area contributed by atoms with Gasteiger partial charge in [-0.1, -0.05) is 6.07 Å². The molecule has 0 unspecified atom stereocenters. The number of thiazole rings is 1. The molecule has 2 aromatic rings. The minimum atomic E-state index is 0.810. The van der Waals surface area contributed by atoms with E-state index in [-0.39, 0.29) is 0 Å². The highest BCUT2D eigenvalue weighted by atomic mass is 32.1. The van der Waals surface area contributed by atoms with Crippen molar-refractivity contribution in [3.05, 3.63) is 28.8 Å². The number of hydrogen-bond donors (Lipinski definition) is 1. The first-order valence-corrected chi connectivity index (χ1v) is 6.72. The number of hydrogen-bond acceptors (Lipinski definition) is 3. The van der Waals surface area contributed by atoms with E-state index in [4.69, 9.17) is 0 Å². The van der Waals surface area contributed by atoms with Crippen molar-refractivity contribution in [3.8, 4) is 0 Å². The molecule has 1 aromatic carbocycles. The molecule has 1 saturated carbocycles. The fourth-order valence-electron chi connectivity index (χ4n) is 1.95. The van der Waals surface area contributed by atoms with Gasteiger partial charge in [-0.05, 0) is 50.4 Å². The summed E-state index contributed by atoms with van der Waals surface area (Å²) in [5, 5.41) is 4.70. The van der Waals surface area contributed by atoms with Crippen molar-refractivity contribution in [1.82, 2.24) is 10.3 Å². The molecule has 2 nitrogen and oxygen atoms in total. The van der Waals surface area contributed by atoms with E-state index in [1.807, 2.05) is 0 Å². The summed E-state index contributed by atoms with van der Waals surface area (Å²) in [5.41, 5.74) is 2.55. The Bertz CT molecular complexity index is 500. The monoisotopic (exact) mass is 232 g/mol. The molecule has 0 bridgehead atoms. The fraction of sp³-hybridized carbons (Fsp3) is 0.462. The van der Waals surface area contributed by atoms with Gasteiger partial charge < -0.3 is 5.32 Å². The standard InChI is InChI=1S/C13H16N2S/c1-9-15-12-8-10(2-5-13(12)16-9)6-7-14-11-3-4-11/h2,5,8,11,14H,3-4,6-7H2,1H3. The maximum atomic E-state index is 4.53. The SMILES string of the molecule is Cc1nc2cc(CCNC3CC3)ccc2s1. The molecule has 1 aliphatic rings. The highest BCUT2D eigenvalue weighted by Crippen LogP contribution is 2.23. The smallest absolute Gasteiger partial charge is 0.0907 e. The molecule has 0 aliphatic heterocycles. The van der Waals surface area contributed by atoms with E-state index in [2.05, 4.69) is 35.4 Å². The van der Waals surface area contributed by atoms with Crippen LogP contribution in [0.2, 0.25) is 0 Å². The Labute approximate surface area is 99.7 Å². The number of aryl methyl sites for hydroxylation is 1. The van der Waals surface area contributed by atoms with Crippen LogP contribution < -0.4 is 5.32 Å². The zero-order valence-corrected chi connectivity index (χ0v) is 10.3. The summed E-state index contributed by atoms with van der Waals surface area (Å²) in [4.78, 5) is 4.53. The van der Waals surface area contributed by atoms with Crippen LogP contribution in [0.25, 0.3) is 10.2 Å². The third-order valence-corrected chi connectivity index (χ3v) is 3.93. The molecular formula is C13H16N2S. The van der Waals surface area contributed by atoms with Crippen molar-refractivity contribution in [2.45, 2.75) is 32.2 Å². The summed E-state index contributed by atoms with van der Waals surface area (Å²) >= 11 is 1.77. The van der Waals surface area contributed by atoms with Crippen LogP contribution >= 0.6 is 11.3 Å². The molecule has 84 valence electrons. The average Bonchev–Trinajstić information content (AvgIpc) is 2.99. The second-order valence-electron chi connectivity index (χ2n) is 4.51. The van der Waals surface area contributed by atoms with Gasteiger partial charge in [0.2, 0.25) is 0 Å². The lowest BCUT2D eigenvalue weighted by atomic mass is 10.1. The normalized spacial score (nSPS) is 15.8. The molecule has 0 atom stereocenters. The van der Waals surface area contributed by atoms with E-state index in [1.165, 1.54) is 23.1 Å². The number of fused-ring (bicyclic) bond motifs is 1. The molecule has 1 N–H and O–H groups in total. The lowest BCUT2D eigenvalue weighted by molar-refractivity contribution is 0.682. The van der Waals surface area contributed by atoms with Gasteiger partial charge in [0, 0.05) is 6.04 Å². The van der Waals surface area contributed by atoms with Gasteiger partial charge in [-0.25, -0.2) is 4.98 Å².